The summed E-state index contributed by atoms with van der Waals surface area (Å²) in [7, 11) is 0. The minimum Gasteiger partial charge on any atom is -1.00 e. The first-order valence-electron chi connectivity index (χ1n) is 7.58. The molecule has 1 atom stereocenters. The molecular weight excluding hydrogens is 532 g/mol. The van der Waals surface area contributed by atoms with Gasteiger partial charge in [-0.1, -0.05) is 31.2 Å². The summed E-state index contributed by atoms with van der Waals surface area (Å²) in [4.78, 5) is 2.43. The Morgan fingerprint density at radius 2 is 1.65 bits per heavy atom. The summed E-state index contributed by atoms with van der Waals surface area (Å²) < 4.78 is 1.18. The van der Waals surface area contributed by atoms with Crippen molar-refractivity contribution < 1.29 is 63.4 Å². The smallest absolute Gasteiger partial charge is 1.00 e. The molecule has 1 unspecified atom stereocenters. The summed E-state index contributed by atoms with van der Waals surface area (Å²) in [5.74, 6) is 0. The van der Waals surface area contributed by atoms with Crippen molar-refractivity contribution in [2.75, 3.05) is 4.90 Å². The Morgan fingerprint density at radius 1 is 1.04 bits per heavy atom. The van der Waals surface area contributed by atoms with Crippen LogP contribution in [0.1, 0.15) is 26.3 Å². The zero-order valence-electron chi connectivity index (χ0n) is 14.6. The molecule has 1 aliphatic heterocycles. The second-order valence-corrected chi connectivity index (χ2v) is 6.86. The molecule has 0 aromatic heterocycles. The summed E-state index contributed by atoms with van der Waals surface area (Å²) >= 11 is 3.84. The monoisotopic (exact) mass is 545 g/mol. The van der Waals surface area contributed by atoms with Crippen molar-refractivity contribution in [1.82, 2.24) is 0 Å². The quantitative estimate of drug-likeness (QED) is 0.323. The van der Waals surface area contributed by atoms with Crippen LogP contribution < -0.4 is 52.6 Å². The molecule has 0 spiro atoms. The molecule has 0 radical (unpaired) electrons. The van der Waals surface area contributed by atoms with Crippen LogP contribution in [0.5, 0.6) is 0 Å². The fraction of sp³-hybridized carbons (Fsp3) is 0.200. The van der Waals surface area contributed by atoms with Gasteiger partial charge in [0.05, 0.1) is 6.04 Å². The summed E-state index contributed by atoms with van der Waals surface area (Å²) in [6.07, 6.45) is 5.68. The van der Waals surface area contributed by atoms with Gasteiger partial charge < -0.3 is 42.1 Å². The zero-order chi connectivity index (χ0) is 15.4. The standard InChI is InChI=1S/C20H17BrN.3ClH.Zr/c1-12-9-15-11-18-19(20(21)17(15)10-12)13(2)14(3)22(18)16-7-5-4-6-8-16;;;;/h4-9,11,14H,1-3H3;3*1H;/q-1;;;;+4/p-3. The first-order valence-corrected chi connectivity index (χ1v) is 8.37. The fourth-order valence-electron chi connectivity index (χ4n) is 3.49. The summed E-state index contributed by atoms with van der Waals surface area (Å²) in [6.45, 7) is 6.61. The predicted molar refractivity (Wildman–Crippen MR) is 96.5 cm³/mol. The topological polar surface area (TPSA) is 3.24 Å². The molecule has 1 heterocycles. The molecule has 2 aliphatic rings. The summed E-state index contributed by atoms with van der Waals surface area (Å²) in [6, 6.07) is 13.3. The van der Waals surface area contributed by atoms with Crippen molar-refractivity contribution >= 4 is 39.0 Å². The van der Waals surface area contributed by atoms with Gasteiger partial charge in [0.15, 0.2) is 0 Å². The van der Waals surface area contributed by atoms with E-state index in [1.54, 1.807) is 0 Å². The third-order valence-corrected chi connectivity index (χ3v) is 5.47. The summed E-state index contributed by atoms with van der Waals surface area (Å²) in [5.41, 5.74) is 6.31. The average molecular weight is 549 g/mol. The number of fused-ring (bicyclic) bond motifs is 2. The van der Waals surface area contributed by atoms with Crippen LogP contribution in [0.3, 0.4) is 0 Å². The second kappa shape index (κ2) is 9.94. The minimum absolute atomic E-state index is 0. The maximum atomic E-state index is 3.84. The largest absolute Gasteiger partial charge is 4.00 e. The number of hydrogen-bond acceptors (Lipinski definition) is 1. The SMILES string of the molecule is CC1=[C-]c2c(Br)c3c(cc2=C1)N(c1ccccc1)C(C)C=3C.[Cl-].[Cl-].[Cl-].[Zr+4]. The third-order valence-electron chi connectivity index (χ3n) is 4.67. The first kappa shape index (κ1) is 26.0. The average Bonchev–Trinajstić information content (AvgIpc) is 2.99. The molecule has 0 saturated carbocycles. The van der Waals surface area contributed by atoms with Gasteiger partial charge in [-0.25, -0.2) is 0 Å². The van der Waals surface area contributed by atoms with Crippen LogP contribution in [0.25, 0.3) is 11.6 Å². The van der Waals surface area contributed by atoms with Crippen molar-refractivity contribution in [3.8, 4) is 0 Å². The van der Waals surface area contributed by atoms with E-state index in [-0.39, 0.29) is 63.4 Å². The summed E-state index contributed by atoms with van der Waals surface area (Å²) in [5, 5.41) is 2.58. The van der Waals surface area contributed by atoms with E-state index in [9.17, 15) is 0 Å². The van der Waals surface area contributed by atoms with Crippen LogP contribution in [0.15, 0.2) is 46.4 Å². The first-order chi connectivity index (χ1) is 10.6. The Morgan fingerprint density at radius 3 is 2.27 bits per heavy atom. The van der Waals surface area contributed by atoms with Gasteiger partial charge in [-0.05, 0) is 41.2 Å². The van der Waals surface area contributed by atoms with E-state index in [0.29, 0.717) is 6.04 Å². The molecule has 4 rings (SSSR count). The van der Waals surface area contributed by atoms with Crippen LogP contribution >= 0.6 is 15.9 Å². The van der Waals surface area contributed by atoms with E-state index in [1.165, 1.54) is 43.0 Å². The molecule has 0 N–H and O–H groups in total. The number of para-hydroxylation sites is 1. The number of hydrogen-bond donors (Lipinski definition) is 0. The molecule has 0 bridgehead atoms. The molecule has 0 fully saturated rings. The Labute approximate surface area is 201 Å². The molecule has 6 heteroatoms. The maximum absolute atomic E-state index is 3.84. The second-order valence-electron chi connectivity index (χ2n) is 6.07. The van der Waals surface area contributed by atoms with E-state index in [4.69, 9.17) is 0 Å². The van der Waals surface area contributed by atoms with Crippen molar-refractivity contribution in [2.45, 2.75) is 26.8 Å². The van der Waals surface area contributed by atoms with E-state index < -0.39 is 0 Å². The van der Waals surface area contributed by atoms with Crippen molar-refractivity contribution in [3.05, 3.63) is 68.5 Å². The molecule has 2 aromatic rings. The van der Waals surface area contributed by atoms with E-state index >= 15 is 0 Å². The number of nitrogens with zero attached hydrogens (tertiary/aromatic N) is 1. The van der Waals surface area contributed by atoms with Gasteiger partial charge in [-0.2, -0.15) is 6.08 Å². The molecule has 0 amide bonds. The van der Waals surface area contributed by atoms with E-state index in [0.717, 1.165) is 0 Å². The third kappa shape index (κ3) is 4.03. The van der Waals surface area contributed by atoms with Gasteiger partial charge in [0.25, 0.3) is 0 Å². The van der Waals surface area contributed by atoms with Gasteiger partial charge in [-0.3, -0.25) is 0 Å². The van der Waals surface area contributed by atoms with Crippen LogP contribution in [-0.4, -0.2) is 6.04 Å². The molecule has 1 aliphatic carbocycles. The predicted octanol–water partition coefficient (Wildman–Crippen LogP) is -4.94. The van der Waals surface area contributed by atoms with E-state index in [2.05, 4.69) is 90.2 Å². The molecule has 1 nitrogen and oxygen atoms in total. The number of anilines is 2. The fourth-order valence-corrected chi connectivity index (χ4v) is 4.33. The number of halogens is 4. The van der Waals surface area contributed by atoms with Gasteiger partial charge in [0.1, 0.15) is 0 Å². The van der Waals surface area contributed by atoms with Crippen LogP contribution in [0.2, 0.25) is 0 Å². The van der Waals surface area contributed by atoms with Crippen LogP contribution in [0.4, 0.5) is 11.4 Å². The number of benzene rings is 2. The van der Waals surface area contributed by atoms with E-state index in [1.807, 2.05) is 0 Å². The van der Waals surface area contributed by atoms with Crippen molar-refractivity contribution in [3.63, 3.8) is 0 Å². The van der Waals surface area contributed by atoms with Crippen LogP contribution in [-0.2, 0) is 26.2 Å². The zero-order valence-corrected chi connectivity index (χ0v) is 20.9. The van der Waals surface area contributed by atoms with Gasteiger partial charge in [0.2, 0.25) is 0 Å². The van der Waals surface area contributed by atoms with Crippen LogP contribution in [0, 0.1) is 6.08 Å². The molecular formula is C20H17BrCl3NZr. The van der Waals surface area contributed by atoms with Gasteiger partial charge >= 0.3 is 26.2 Å². The number of allylic oxidation sites excluding steroid dienone is 1. The Bertz CT molecular complexity index is 942. The van der Waals surface area contributed by atoms with Gasteiger partial charge in [0, 0.05) is 11.4 Å². The molecule has 134 valence electrons. The molecule has 0 saturated heterocycles. The normalized spacial score (nSPS) is 16.0. The Kier molecular flexibility index (Phi) is 9.92. The molecule has 2 aromatic carbocycles. The molecule has 26 heavy (non-hydrogen) atoms. The van der Waals surface area contributed by atoms with Crippen molar-refractivity contribution in [2.24, 2.45) is 0 Å². The van der Waals surface area contributed by atoms with Crippen molar-refractivity contribution in [1.29, 1.82) is 0 Å². The minimum atomic E-state index is 0. The van der Waals surface area contributed by atoms with Gasteiger partial charge in [-0.15, -0.1) is 38.4 Å². The Hall–Kier alpha value is -0.0469. The maximum Gasteiger partial charge on any atom is 4.00 e. The number of rotatable bonds is 1. The Balaban J connectivity index is 0.00000156.